The number of carbonyl (C=O) groups is 2. The largest absolute Gasteiger partial charge is 0.356 e. The van der Waals surface area contributed by atoms with Crippen molar-refractivity contribution in [1.29, 1.82) is 0 Å². The zero-order valence-electron chi connectivity index (χ0n) is 8.35. The third-order valence-corrected chi connectivity index (χ3v) is 2.52. The first-order valence-electron chi connectivity index (χ1n) is 4.43. The maximum absolute atomic E-state index is 11.6. The summed E-state index contributed by atoms with van der Waals surface area (Å²) in [5.41, 5.74) is 2.31. The number of carbonyl (C=O) groups excluding carboxylic acids is 2. The first kappa shape index (κ1) is 10.5. The number of nitrogens with zero attached hydrogens (tertiary/aromatic N) is 2. The van der Waals surface area contributed by atoms with Crippen LogP contribution in [0.4, 0.5) is 5.13 Å². The minimum Gasteiger partial charge on any atom is -0.356 e. The molecule has 2 aromatic rings. The van der Waals surface area contributed by atoms with E-state index in [1.807, 2.05) is 0 Å². The van der Waals surface area contributed by atoms with Crippen molar-refractivity contribution in [2.75, 3.05) is 5.32 Å². The molecule has 6 nitrogen and oxygen atoms in total. The van der Waals surface area contributed by atoms with Crippen LogP contribution in [-0.2, 0) is 0 Å². The molecule has 2 N–H and O–H groups in total. The Kier molecular flexibility index (Phi) is 2.78. The molecule has 2 aromatic heterocycles. The van der Waals surface area contributed by atoms with Gasteiger partial charge < -0.3 is 4.98 Å². The Labute approximate surface area is 94.7 Å². The van der Waals surface area contributed by atoms with Gasteiger partial charge in [-0.25, -0.2) is 0 Å². The number of hydrogen-bond donors (Lipinski definition) is 2. The second-order valence-electron chi connectivity index (χ2n) is 3.06. The van der Waals surface area contributed by atoms with Crippen molar-refractivity contribution in [3.8, 4) is 0 Å². The predicted octanol–water partition coefficient (Wildman–Crippen LogP) is 1.32. The van der Waals surface area contributed by atoms with Crippen LogP contribution in [0.1, 0.15) is 27.8 Å². The Morgan fingerprint density at radius 1 is 1.50 bits per heavy atom. The van der Waals surface area contributed by atoms with E-state index in [1.165, 1.54) is 36.0 Å². The molecular formula is C9H8N4O2S. The predicted molar refractivity (Wildman–Crippen MR) is 58.7 cm³/mol. The summed E-state index contributed by atoms with van der Waals surface area (Å²) >= 11 is 1.22. The van der Waals surface area contributed by atoms with E-state index in [1.54, 1.807) is 0 Å². The minimum absolute atomic E-state index is 0.0915. The van der Waals surface area contributed by atoms with Gasteiger partial charge in [-0.3, -0.25) is 14.9 Å². The van der Waals surface area contributed by atoms with Crippen molar-refractivity contribution in [3.63, 3.8) is 0 Å². The molecule has 0 radical (unpaired) electrons. The van der Waals surface area contributed by atoms with Crippen LogP contribution in [-0.4, -0.2) is 26.9 Å². The molecule has 0 spiro atoms. The van der Waals surface area contributed by atoms with E-state index in [0.29, 0.717) is 16.4 Å². The Balaban J connectivity index is 2.12. The van der Waals surface area contributed by atoms with E-state index < -0.39 is 0 Å². The molecule has 16 heavy (non-hydrogen) atoms. The Hall–Kier alpha value is -2.02. The summed E-state index contributed by atoms with van der Waals surface area (Å²) < 4.78 is 0. The summed E-state index contributed by atoms with van der Waals surface area (Å²) in [5.74, 6) is -0.435. The Bertz CT molecular complexity index is 517. The number of amides is 1. The molecule has 0 aliphatic carbocycles. The lowest BCUT2D eigenvalue weighted by Gasteiger charge is -1.96. The molecule has 2 rings (SSSR count). The summed E-state index contributed by atoms with van der Waals surface area (Å²) in [4.78, 5) is 25.4. The van der Waals surface area contributed by atoms with Crippen molar-refractivity contribution < 1.29 is 9.59 Å². The highest BCUT2D eigenvalue weighted by atomic mass is 32.1. The van der Waals surface area contributed by atoms with Gasteiger partial charge in [0.2, 0.25) is 5.13 Å². The van der Waals surface area contributed by atoms with Crippen LogP contribution < -0.4 is 5.32 Å². The van der Waals surface area contributed by atoms with Crippen LogP contribution in [0.25, 0.3) is 0 Å². The standard InChI is InChI=1S/C9H8N4O2S/c1-5(14)6-2-7(10-3-6)8(15)12-9-13-11-4-16-9/h2-4,10H,1H3,(H,12,13,15). The van der Waals surface area contributed by atoms with Crippen molar-refractivity contribution in [2.24, 2.45) is 0 Å². The Morgan fingerprint density at radius 3 is 2.88 bits per heavy atom. The summed E-state index contributed by atoms with van der Waals surface area (Å²) in [6.45, 7) is 1.44. The topological polar surface area (TPSA) is 87.7 Å². The van der Waals surface area contributed by atoms with Crippen LogP contribution >= 0.6 is 11.3 Å². The summed E-state index contributed by atoms with van der Waals surface area (Å²) in [7, 11) is 0. The maximum Gasteiger partial charge on any atom is 0.273 e. The van der Waals surface area contributed by atoms with Gasteiger partial charge in [0.25, 0.3) is 5.91 Å². The van der Waals surface area contributed by atoms with Gasteiger partial charge in [0, 0.05) is 11.8 Å². The van der Waals surface area contributed by atoms with Gasteiger partial charge in [-0.15, -0.1) is 10.2 Å². The second kappa shape index (κ2) is 4.23. The van der Waals surface area contributed by atoms with Gasteiger partial charge in [0.15, 0.2) is 5.78 Å². The van der Waals surface area contributed by atoms with Gasteiger partial charge >= 0.3 is 0 Å². The van der Waals surface area contributed by atoms with Crippen molar-refractivity contribution >= 4 is 28.2 Å². The average Bonchev–Trinajstić information content (AvgIpc) is 2.86. The maximum atomic E-state index is 11.6. The fourth-order valence-corrected chi connectivity index (χ4v) is 1.56. The zero-order chi connectivity index (χ0) is 11.5. The molecule has 0 saturated heterocycles. The molecule has 0 aromatic carbocycles. The van der Waals surface area contributed by atoms with Crippen molar-refractivity contribution in [2.45, 2.75) is 6.92 Å². The van der Waals surface area contributed by atoms with Crippen molar-refractivity contribution in [1.82, 2.24) is 15.2 Å². The van der Waals surface area contributed by atoms with Crippen LogP contribution in [0.3, 0.4) is 0 Å². The molecule has 0 aliphatic heterocycles. The Morgan fingerprint density at radius 2 is 2.31 bits per heavy atom. The highest BCUT2D eigenvalue weighted by molar-refractivity contribution is 7.13. The van der Waals surface area contributed by atoms with Gasteiger partial charge in [-0.1, -0.05) is 11.3 Å². The van der Waals surface area contributed by atoms with Crippen LogP contribution in [0.15, 0.2) is 17.8 Å². The van der Waals surface area contributed by atoms with Crippen LogP contribution in [0.2, 0.25) is 0 Å². The number of rotatable bonds is 3. The van der Waals surface area contributed by atoms with Gasteiger partial charge in [-0.05, 0) is 13.0 Å². The third kappa shape index (κ3) is 2.14. The van der Waals surface area contributed by atoms with Crippen molar-refractivity contribution in [3.05, 3.63) is 29.0 Å². The van der Waals surface area contributed by atoms with E-state index >= 15 is 0 Å². The molecule has 0 bridgehead atoms. The highest BCUT2D eigenvalue weighted by Gasteiger charge is 2.11. The number of aromatic amines is 1. The van der Waals surface area contributed by atoms with E-state index in [0.717, 1.165) is 0 Å². The molecule has 7 heteroatoms. The number of ketones is 1. The number of nitrogens with one attached hydrogen (secondary N) is 2. The third-order valence-electron chi connectivity index (χ3n) is 1.91. The fourth-order valence-electron chi connectivity index (χ4n) is 1.12. The van der Waals surface area contributed by atoms with E-state index in [-0.39, 0.29) is 11.7 Å². The highest BCUT2D eigenvalue weighted by Crippen LogP contribution is 2.11. The van der Waals surface area contributed by atoms with Gasteiger partial charge in [0.1, 0.15) is 11.2 Å². The lowest BCUT2D eigenvalue weighted by molar-refractivity contribution is 0.101. The number of H-pyrrole nitrogens is 1. The average molecular weight is 236 g/mol. The molecule has 0 fully saturated rings. The smallest absolute Gasteiger partial charge is 0.273 e. The van der Waals surface area contributed by atoms with Crippen LogP contribution in [0.5, 0.6) is 0 Å². The van der Waals surface area contributed by atoms with E-state index in [9.17, 15) is 9.59 Å². The zero-order valence-corrected chi connectivity index (χ0v) is 9.17. The van der Waals surface area contributed by atoms with Crippen LogP contribution in [0, 0.1) is 0 Å². The molecule has 82 valence electrons. The molecule has 2 heterocycles. The number of Topliss-reactive ketones (excluding diaryl/α,β-unsaturated/α-hetero) is 1. The summed E-state index contributed by atoms with van der Waals surface area (Å²) in [6, 6.07) is 1.50. The van der Waals surface area contributed by atoms with E-state index in [2.05, 4.69) is 20.5 Å². The monoisotopic (exact) mass is 236 g/mol. The molecule has 0 atom stereocenters. The first-order chi connectivity index (χ1) is 7.66. The lowest BCUT2D eigenvalue weighted by Crippen LogP contribution is -2.11. The lowest BCUT2D eigenvalue weighted by atomic mass is 10.2. The number of hydrogen-bond acceptors (Lipinski definition) is 5. The molecular weight excluding hydrogens is 228 g/mol. The molecule has 1 amide bonds. The normalized spacial score (nSPS) is 10.1. The molecule has 0 aliphatic rings. The quantitative estimate of drug-likeness (QED) is 0.787. The first-order valence-corrected chi connectivity index (χ1v) is 5.31. The SMILES string of the molecule is CC(=O)c1c[nH]c(C(=O)Nc2nncs2)c1. The molecule has 0 saturated carbocycles. The minimum atomic E-state index is -0.343. The van der Waals surface area contributed by atoms with Gasteiger partial charge in [-0.2, -0.15) is 0 Å². The van der Waals surface area contributed by atoms with E-state index in [4.69, 9.17) is 0 Å². The number of anilines is 1. The second-order valence-corrected chi connectivity index (χ2v) is 3.89. The molecule has 0 unspecified atom stereocenters. The fraction of sp³-hybridized carbons (Fsp3) is 0.111. The summed E-state index contributed by atoms with van der Waals surface area (Å²) in [6.07, 6.45) is 1.50. The van der Waals surface area contributed by atoms with Gasteiger partial charge in [0.05, 0.1) is 0 Å². The number of aromatic nitrogens is 3. The summed E-state index contributed by atoms with van der Waals surface area (Å²) in [5, 5.41) is 10.2.